The number of thioether (sulfide) groups is 1. The zero-order valence-electron chi connectivity index (χ0n) is 11.7. The number of carbonyl (C=O) groups excluding carboxylic acids is 1. The summed E-state index contributed by atoms with van der Waals surface area (Å²) in [6, 6.07) is 0. The van der Waals surface area contributed by atoms with Crippen LogP contribution >= 0.6 is 11.8 Å². The van der Waals surface area contributed by atoms with Crippen LogP contribution in [0, 0.1) is 13.8 Å². The molecule has 1 heterocycles. The Morgan fingerprint density at radius 3 is 2.57 bits per heavy atom. The van der Waals surface area contributed by atoms with Gasteiger partial charge in [0, 0.05) is 17.9 Å². The summed E-state index contributed by atoms with van der Waals surface area (Å²) in [7, 11) is 0. The molecule has 1 aromatic heterocycles. The first-order valence-corrected chi connectivity index (χ1v) is 7.35. The molecule has 0 aliphatic rings. The summed E-state index contributed by atoms with van der Waals surface area (Å²) in [6.07, 6.45) is -4.48. The number of aliphatic hydroxyl groups excluding tert-OH is 1. The molecular formula is C12H17F3N2O3S. The molecule has 1 amide bonds. The number of aromatic nitrogens is 1. The zero-order valence-corrected chi connectivity index (χ0v) is 12.6. The lowest BCUT2D eigenvalue weighted by molar-refractivity contribution is -0.160. The lowest BCUT2D eigenvalue weighted by atomic mass is 10.2. The molecule has 21 heavy (non-hydrogen) atoms. The first-order chi connectivity index (χ1) is 9.74. The van der Waals surface area contributed by atoms with E-state index < -0.39 is 25.2 Å². The van der Waals surface area contributed by atoms with E-state index in [1.807, 2.05) is 0 Å². The summed E-state index contributed by atoms with van der Waals surface area (Å²) in [5.41, 5.74) is 1.55. The molecule has 0 saturated carbocycles. The second kappa shape index (κ2) is 7.69. The number of hydrogen-bond donors (Lipinski definition) is 1. The molecule has 0 aliphatic heterocycles. The number of halogens is 3. The van der Waals surface area contributed by atoms with Crippen molar-refractivity contribution < 1.29 is 27.6 Å². The highest BCUT2D eigenvalue weighted by Gasteiger charge is 2.32. The average molecular weight is 326 g/mol. The predicted molar refractivity (Wildman–Crippen MR) is 71.9 cm³/mol. The molecule has 0 atom stereocenters. The van der Waals surface area contributed by atoms with Crippen LogP contribution in [0.2, 0.25) is 0 Å². The molecule has 0 bridgehead atoms. The third kappa shape index (κ3) is 5.96. The quantitative estimate of drug-likeness (QED) is 0.829. The van der Waals surface area contributed by atoms with Gasteiger partial charge in [-0.2, -0.15) is 13.2 Å². The van der Waals surface area contributed by atoms with Crippen molar-refractivity contribution in [3.05, 3.63) is 17.0 Å². The Kier molecular flexibility index (Phi) is 6.53. The molecule has 0 fully saturated rings. The van der Waals surface area contributed by atoms with Gasteiger partial charge in [0.1, 0.15) is 12.3 Å². The normalized spacial score (nSPS) is 11.7. The SMILES string of the molecule is Cc1noc(C)c1CSCC(=O)N(CCO)CC(F)(F)F. The molecule has 0 spiro atoms. The van der Waals surface area contributed by atoms with Gasteiger partial charge in [-0.25, -0.2) is 0 Å². The fourth-order valence-corrected chi connectivity index (χ4v) is 2.74. The minimum atomic E-state index is -4.48. The van der Waals surface area contributed by atoms with Gasteiger partial charge in [0.25, 0.3) is 0 Å². The molecule has 120 valence electrons. The summed E-state index contributed by atoms with van der Waals surface area (Å²) in [6.45, 7) is 1.31. The van der Waals surface area contributed by atoms with Crippen molar-refractivity contribution in [1.29, 1.82) is 0 Å². The van der Waals surface area contributed by atoms with E-state index in [1.165, 1.54) is 11.8 Å². The van der Waals surface area contributed by atoms with Gasteiger partial charge in [0.05, 0.1) is 18.1 Å². The zero-order chi connectivity index (χ0) is 16.0. The molecule has 9 heteroatoms. The van der Waals surface area contributed by atoms with Crippen LogP contribution in [0.3, 0.4) is 0 Å². The van der Waals surface area contributed by atoms with E-state index in [4.69, 9.17) is 9.63 Å². The number of amides is 1. The summed E-state index contributed by atoms with van der Waals surface area (Å²) >= 11 is 1.19. The van der Waals surface area contributed by atoms with Gasteiger partial charge < -0.3 is 14.5 Å². The Hall–Kier alpha value is -1.22. The van der Waals surface area contributed by atoms with Crippen LogP contribution in [0.4, 0.5) is 13.2 Å². The van der Waals surface area contributed by atoms with E-state index in [1.54, 1.807) is 13.8 Å². The van der Waals surface area contributed by atoms with Crippen LogP contribution < -0.4 is 0 Å². The number of alkyl halides is 3. The Morgan fingerprint density at radius 1 is 1.43 bits per heavy atom. The van der Waals surface area contributed by atoms with Gasteiger partial charge in [0.15, 0.2) is 0 Å². The van der Waals surface area contributed by atoms with Crippen molar-refractivity contribution in [2.75, 3.05) is 25.4 Å². The van der Waals surface area contributed by atoms with Crippen LogP contribution in [0.5, 0.6) is 0 Å². The van der Waals surface area contributed by atoms with E-state index in [0.717, 1.165) is 5.56 Å². The number of nitrogens with zero attached hydrogens (tertiary/aromatic N) is 2. The second-order valence-electron chi connectivity index (χ2n) is 4.45. The van der Waals surface area contributed by atoms with Gasteiger partial charge in [-0.15, -0.1) is 11.8 Å². The maximum absolute atomic E-state index is 12.3. The van der Waals surface area contributed by atoms with Crippen LogP contribution in [0.25, 0.3) is 0 Å². The standard InChI is InChI=1S/C12H17F3N2O3S/c1-8-10(9(2)20-16-8)5-21-6-11(19)17(3-4-18)7-12(13,14)15/h18H,3-7H2,1-2H3. The van der Waals surface area contributed by atoms with E-state index in [-0.39, 0.29) is 12.3 Å². The Bertz CT molecular complexity index is 457. The van der Waals surface area contributed by atoms with Crippen molar-refractivity contribution in [1.82, 2.24) is 10.1 Å². The highest BCUT2D eigenvalue weighted by Crippen LogP contribution is 2.21. The Morgan fingerprint density at radius 2 is 2.10 bits per heavy atom. The molecular weight excluding hydrogens is 309 g/mol. The third-order valence-electron chi connectivity index (χ3n) is 2.75. The number of rotatable bonds is 7. The Balaban J connectivity index is 2.50. The van der Waals surface area contributed by atoms with Gasteiger partial charge in [-0.3, -0.25) is 4.79 Å². The number of aliphatic hydroxyl groups is 1. The number of hydrogen-bond acceptors (Lipinski definition) is 5. The molecule has 0 aromatic carbocycles. The summed E-state index contributed by atoms with van der Waals surface area (Å²) < 4.78 is 42.0. The average Bonchev–Trinajstić information content (AvgIpc) is 2.68. The third-order valence-corrected chi connectivity index (χ3v) is 3.69. The molecule has 0 saturated heterocycles. The van der Waals surface area contributed by atoms with Crippen molar-refractivity contribution in [2.45, 2.75) is 25.8 Å². The van der Waals surface area contributed by atoms with E-state index in [9.17, 15) is 18.0 Å². The van der Waals surface area contributed by atoms with Gasteiger partial charge >= 0.3 is 6.18 Å². The van der Waals surface area contributed by atoms with Crippen molar-refractivity contribution >= 4 is 17.7 Å². The molecule has 1 rings (SSSR count). The molecule has 1 N–H and O–H groups in total. The van der Waals surface area contributed by atoms with Crippen molar-refractivity contribution in [3.8, 4) is 0 Å². The molecule has 0 aliphatic carbocycles. The van der Waals surface area contributed by atoms with E-state index >= 15 is 0 Å². The number of aryl methyl sites for hydroxylation is 2. The molecule has 0 radical (unpaired) electrons. The van der Waals surface area contributed by atoms with Gasteiger partial charge in [-0.1, -0.05) is 5.16 Å². The fourth-order valence-electron chi connectivity index (χ4n) is 1.67. The lowest BCUT2D eigenvalue weighted by Gasteiger charge is -2.22. The monoisotopic (exact) mass is 326 g/mol. The highest BCUT2D eigenvalue weighted by atomic mass is 32.2. The topological polar surface area (TPSA) is 66.6 Å². The molecule has 0 unspecified atom stereocenters. The van der Waals surface area contributed by atoms with E-state index in [0.29, 0.717) is 22.1 Å². The first-order valence-electron chi connectivity index (χ1n) is 6.19. The minimum Gasteiger partial charge on any atom is -0.395 e. The van der Waals surface area contributed by atoms with Gasteiger partial charge in [0.2, 0.25) is 5.91 Å². The molecule has 5 nitrogen and oxygen atoms in total. The summed E-state index contributed by atoms with van der Waals surface area (Å²) in [5, 5.41) is 12.5. The van der Waals surface area contributed by atoms with Crippen molar-refractivity contribution in [2.24, 2.45) is 0 Å². The minimum absolute atomic E-state index is 0.0971. The largest absolute Gasteiger partial charge is 0.406 e. The van der Waals surface area contributed by atoms with Crippen LogP contribution in [-0.4, -0.2) is 52.7 Å². The van der Waals surface area contributed by atoms with Crippen LogP contribution in [0.1, 0.15) is 17.0 Å². The maximum atomic E-state index is 12.3. The van der Waals surface area contributed by atoms with Gasteiger partial charge in [-0.05, 0) is 13.8 Å². The number of carbonyl (C=O) groups is 1. The second-order valence-corrected chi connectivity index (χ2v) is 5.44. The first kappa shape index (κ1) is 17.8. The summed E-state index contributed by atoms with van der Waals surface area (Å²) in [5.74, 6) is 0.319. The predicted octanol–water partition coefficient (Wildman–Crippen LogP) is 1.91. The lowest BCUT2D eigenvalue weighted by Crippen LogP contribution is -2.41. The van der Waals surface area contributed by atoms with Crippen LogP contribution in [0.15, 0.2) is 4.52 Å². The maximum Gasteiger partial charge on any atom is 0.406 e. The Labute approximate surface area is 124 Å². The highest BCUT2D eigenvalue weighted by molar-refractivity contribution is 7.99. The fraction of sp³-hybridized carbons (Fsp3) is 0.667. The molecule has 1 aromatic rings. The van der Waals surface area contributed by atoms with Crippen LogP contribution in [-0.2, 0) is 10.5 Å². The van der Waals surface area contributed by atoms with E-state index in [2.05, 4.69) is 5.16 Å². The summed E-state index contributed by atoms with van der Waals surface area (Å²) in [4.78, 5) is 12.4. The van der Waals surface area contributed by atoms with Crippen molar-refractivity contribution in [3.63, 3.8) is 0 Å². The smallest absolute Gasteiger partial charge is 0.395 e.